The molecule has 6 heteroatoms. The molecule has 1 amide bonds. The van der Waals surface area contributed by atoms with Crippen LogP contribution in [-0.2, 0) is 17.6 Å². The lowest BCUT2D eigenvalue weighted by molar-refractivity contribution is -0.105. The first-order valence-electron chi connectivity index (χ1n) is 8.11. The summed E-state index contributed by atoms with van der Waals surface area (Å²) in [6.45, 7) is 2.00. The molecule has 0 saturated carbocycles. The maximum atomic E-state index is 10.5. The third-order valence-corrected chi connectivity index (χ3v) is 3.88. The lowest BCUT2D eigenvalue weighted by Gasteiger charge is -2.20. The molecule has 2 rings (SSSR count). The van der Waals surface area contributed by atoms with Gasteiger partial charge in [0.05, 0.1) is 12.8 Å². The maximum Gasteiger partial charge on any atom is 0.211 e. The van der Waals surface area contributed by atoms with Crippen molar-refractivity contribution >= 4 is 12.1 Å². The highest BCUT2D eigenvalue weighted by molar-refractivity contribution is 5.75. The van der Waals surface area contributed by atoms with Crippen LogP contribution in [0.25, 0.3) is 0 Å². The van der Waals surface area contributed by atoms with Crippen molar-refractivity contribution in [2.45, 2.75) is 32.0 Å². The van der Waals surface area contributed by atoms with E-state index in [1.54, 1.807) is 19.2 Å². The van der Waals surface area contributed by atoms with E-state index in [-0.39, 0.29) is 11.8 Å². The van der Waals surface area contributed by atoms with E-state index in [1.165, 1.54) is 6.07 Å². The van der Waals surface area contributed by atoms with Crippen molar-refractivity contribution < 1.29 is 19.7 Å². The first-order chi connectivity index (χ1) is 12.0. The Morgan fingerprint density at radius 2 is 1.80 bits per heavy atom. The molecule has 0 heterocycles. The standard InChI is InChI=1S/C19H24N2O4/c1-13(9-14-3-6-16(25-2)7-4-14)21-19(24)11-15-5-8-18(23)17(10-15)20-12-22/h3-8,10,12-13,19,21,23-24H,9,11H2,1-2H3,(H,20,22). The molecule has 0 spiro atoms. The Morgan fingerprint density at radius 1 is 1.12 bits per heavy atom. The Hall–Kier alpha value is -2.57. The second-order valence-corrected chi connectivity index (χ2v) is 5.95. The molecule has 2 unspecified atom stereocenters. The average Bonchev–Trinajstić information content (AvgIpc) is 2.58. The van der Waals surface area contributed by atoms with Gasteiger partial charge in [-0.05, 0) is 48.7 Å². The average molecular weight is 344 g/mol. The number of phenols is 1. The molecule has 0 fully saturated rings. The van der Waals surface area contributed by atoms with Crippen LogP contribution < -0.4 is 15.4 Å². The Bertz CT molecular complexity index is 688. The number of phenolic OH excluding ortho intramolecular Hbond substituents is 1. The second-order valence-electron chi connectivity index (χ2n) is 5.95. The third kappa shape index (κ3) is 5.77. The Morgan fingerprint density at radius 3 is 2.44 bits per heavy atom. The van der Waals surface area contributed by atoms with Crippen molar-refractivity contribution in [3.63, 3.8) is 0 Å². The minimum atomic E-state index is -0.734. The Balaban J connectivity index is 1.89. The summed E-state index contributed by atoms with van der Waals surface area (Å²) >= 11 is 0. The van der Waals surface area contributed by atoms with E-state index in [1.807, 2.05) is 31.2 Å². The van der Waals surface area contributed by atoms with Crippen molar-refractivity contribution in [2.24, 2.45) is 0 Å². The molecule has 0 aliphatic rings. The zero-order valence-electron chi connectivity index (χ0n) is 14.4. The van der Waals surface area contributed by atoms with Crippen LogP contribution in [0.2, 0.25) is 0 Å². The number of benzene rings is 2. The van der Waals surface area contributed by atoms with Crippen LogP contribution in [0.1, 0.15) is 18.1 Å². The normalized spacial score (nSPS) is 13.1. The second kappa shape index (κ2) is 9.05. The van der Waals surface area contributed by atoms with Crippen LogP contribution in [0, 0.1) is 0 Å². The van der Waals surface area contributed by atoms with Gasteiger partial charge in [-0.25, -0.2) is 0 Å². The number of aliphatic hydroxyl groups is 1. The summed E-state index contributed by atoms with van der Waals surface area (Å²) in [7, 11) is 1.63. The van der Waals surface area contributed by atoms with Crippen LogP contribution in [0.3, 0.4) is 0 Å². The molecule has 2 aromatic carbocycles. The quantitative estimate of drug-likeness (QED) is 0.317. The number of aliphatic hydroxyl groups excluding tert-OH is 1. The van der Waals surface area contributed by atoms with Gasteiger partial charge >= 0.3 is 0 Å². The summed E-state index contributed by atoms with van der Waals surface area (Å²) in [6.07, 6.45) is 0.904. The molecule has 0 aliphatic carbocycles. The van der Waals surface area contributed by atoms with Crippen LogP contribution in [-0.4, -0.2) is 36.0 Å². The summed E-state index contributed by atoms with van der Waals surface area (Å²) in [4.78, 5) is 10.5. The van der Waals surface area contributed by atoms with E-state index in [0.717, 1.165) is 23.3 Å². The fraction of sp³-hybridized carbons (Fsp3) is 0.316. The largest absolute Gasteiger partial charge is 0.506 e. The van der Waals surface area contributed by atoms with Crippen molar-refractivity contribution in [2.75, 3.05) is 12.4 Å². The highest BCUT2D eigenvalue weighted by Gasteiger charge is 2.12. The van der Waals surface area contributed by atoms with Crippen molar-refractivity contribution in [3.05, 3.63) is 53.6 Å². The van der Waals surface area contributed by atoms with Gasteiger partial charge in [0.25, 0.3) is 0 Å². The van der Waals surface area contributed by atoms with E-state index in [9.17, 15) is 15.0 Å². The fourth-order valence-corrected chi connectivity index (χ4v) is 2.67. The van der Waals surface area contributed by atoms with Gasteiger partial charge in [0, 0.05) is 12.5 Å². The third-order valence-electron chi connectivity index (χ3n) is 3.88. The molecule has 0 saturated heterocycles. The highest BCUT2D eigenvalue weighted by atomic mass is 16.5. The number of amides is 1. The van der Waals surface area contributed by atoms with Crippen LogP contribution >= 0.6 is 0 Å². The molecule has 0 aliphatic heterocycles. The number of nitrogens with one attached hydrogen (secondary N) is 2. The lowest BCUT2D eigenvalue weighted by Crippen LogP contribution is -2.39. The summed E-state index contributed by atoms with van der Waals surface area (Å²) in [5, 5.41) is 25.5. The van der Waals surface area contributed by atoms with E-state index in [2.05, 4.69) is 10.6 Å². The summed E-state index contributed by atoms with van der Waals surface area (Å²) in [6, 6.07) is 12.8. The van der Waals surface area contributed by atoms with Gasteiger partial charge in [0.1, 0.15) is 17.7 Å². The minimum absolute atomic E-state index is 0.00817. The zero-order valence-corrected chi connectivity index (χ0v) is 14.4. The van der Waals surface area contributed by atoms with Crippen LogP contribution in [0.15, 0.2) is 42.5 Å². The van der Waals surface area contributed by atoms with Gasteiger partial charge in [-0.1, -0.05) is 18.2 Å². The molecule has 0 bridgehead atoms. The minimum Gasteiger partial charge on any atom is -0.506 e. The molecule has 4 N–H and O–H groups in total. The lowest BCUT2D eigenvalue weighted by atomic mass is 10.1. The van der Waals surface area contributed by atoms with Crippen molar-refractivity contribution in [1.82, 2.24) is 5.32 Å². The van der Waals surface area contributed by atoms with E-state index in [0.29, 0.717) is 18.5 Å². The number of carbonyl (C=O) groups is 1. The monoisotopic (exact) mass is 344 g/mol. The topological polar surface area (TPSA) is 90.8 Å². The number of rotatable bonds is 9. The Kier molecular flexibility index (Phi) is 6.80. The molecule has 6 nitrogen and oxygen atoms in total. The maximum absolute atomic E-state index is 10.5. The van der Waals surface area contributed by atoms with E-state index < -0.39 is 6.23 Å². The molecule has 25 heavy (non-hydrogen) atoms. The number of methoxy groups -OCH3 is 1. The Labute approximate surface area is 147 Å². The molecule has 0 radical (unpaired) electrons. The summed E-state index contributed by atoms with van der Waals surface area (Å²) in [5.74, 6) is 0.808. The molecule has 2 atom stereocenters. The number of carbonyl (C=O) groups excluding carboxylic acids is 1. The number of ether oxygens (including phenoxy) is 1. The van der Waals surface area contributed by atoms with Gasteiger partial charge in [0.2, 0.25) is 6.41 Å². The van der Waals surface area contributed by atoms with Crippen LogP contribution in [0.4, 0.5) is 5.69 Å². The first kappa shape index (κ1) is 18.8. The van der Waals surface area contributed by atoms with Gasteiger partial charge in [-0.15, -0.1) is 0 Å². The predicted molar refractivity (Wildman–Crippen MR) is 96.8 cm³/mol. The van der Waals surface area contributed by atoms with Crippen molar-refractivity contribution in [3.8, 4) is 11.5 Å². The highest BCUT2D eigenvalue weighted by Crippen LogP contribution is 2.24. The molecule has 2 aromatic rings. The van der Waals surface area contributed by atoms with Crippen LogP contribution in [0.5, 0.6) is 11.5 Å². The van der Waals surface area contributed by atoms with Crippen molar-refractivity contribution in [1.29, 1.82) is 0 Å². The zero-order chi connectivity index (χ0) is 18.2. The SMILES string of the molecule is COc1ccc(CC(C)NC(O)Cc2ccc(O)c(NC=O)c2)cc1. The molecular formula is C19H24N2O4. The number of hydrogen-bond acceptors (Lipinski definition) is 5. The molecule has 134 valence electrons. The van der Waals surface area contributed by atoms with E-state index in [4.69, 9.17) is 4.74 Å². The van der Waals surface area contributed by atoms with E-state index >= 15 is 0 Å². The van der Waals surface area contributed by atoms with Gasteiger partial charge in [0.15, 0.2) is 0 Å². The fourth-order valence-electron chi connectivity index (χ4n) is 2.67. The molecular weight excluding hydrogens is 320 g/mol. The number of hydrogen-bond donors (Lipinski definition) is 4. The first-order valence-corrected chi connectivity index (χ1v) is 8.11. The smallest absolute Gasteiger partial charge is 0.211 e. The number of anilines is 1. The van der Waals surface area contributed by atoms with Gasteiger partial charge < -0.3 is 20.3 Å². The summed E-state index contributed by atoms with van der Waals surface area (Å²) in [5.41, 5.74) is 2.28. The number of aromatic hydroxyl groups is 1. The van der Waals surface area contributed by atoms with Gasteiger partial charge in [-0.3, -0.25) is 10.1 Å². The van der Waals surface area contributed by atoms with Gasteiger partial charge in [-0.2, -0.15) is 0 Å². The predicted octanol–water partition coefficient (Wildman–Crippen LogP) is 2.05. The molecule has 0 aromatic heterocycles. The summed E-state index contributed by atoms with van der Waals surface area (Å²) < 4.78 is 5.14.